The molecule has 19 heavy (non-hydrogen) atoms. The van der Waals surface area contributed by atoms with Crippen molar-refractivity contribution in [2.75, 3.05) is 36.8 Å². The molecule has 3 nitrogen and oxygen atoms in total. The molecule has 3 rings (SSSR count). The average molecular weight is 375 g/mol. The molecule has 2 N–H and O–H groups in total. The van der Waals surface area contributed by atoms with E-state index < -0.39 is 0 Å². The van der Waals surface area contributed by atoms with Crippen LogP contribution < -0.4 is 10.6 Å². The van der Waals surface area contributed by atoms with Crippen LogP contribution in [0.4, 0.5) is 15.8 Å². The molecule has 0 saturated carbocycles. The third-order valence-corrected chi connectivity index (χ3v) is 5.07. The molecule has 2 aliphatic rings. The molecule has 0 bridgehead atoms. The van der Waals surface area contributed by atoms with Crippen molar-refractivity contribution in [1.29, 1.82) is 0 Å². The minimum absolute atomic E-state index is 0.170. The first kappa shape index (κ1) is 13.4. The summed E-state index contributed by atoms with van der Waals surface area (Å²) in [5, 5.41) is 0. The highest BCUT2D eigenvalue weighted by atomic mass is 127. The van der Waals surface area contributed by atoms with E-state index >= 15 is 0 Å². The first-order valence-electron chi connectivity index (χ1n) is 6.88. The van der Waals surface area contributed by atoms with E-state index in [1.54, 1.807) is 12.1 Å². The molecule has 2 aliphatic heterocycles. The summed E-state index contributed by atoms with van der Waals surface area (Å²) in [4.78, 5) is 4.82. The number of halogens is 2. The van der Waals surface area contributed by atoms with Gasteiger partial charge in [0.15, 0.2) is 0 Å². The summed E-state index contributed by atoms with van der Waals surface area (Å²) in [5.74, 6) is -0.170. The van der Waals surface area contributed by atoms with Crippen molar-refractivity contribution in [3.05, 3.63) is 21.5 Å². The molecular formula is C14H19FIN3. The normalized spacial score (nSPS) is 24.3. The molecule has 2 fully saturated rings. The van der Waals surface area contributed by atoms with E-state index in [1.165, 1.54) is 25.8 Å². The second-order valence-corrected chi connectivity index (χ2v) is 6.62. The molecule has 0 amide bonds. The third-order valence-electron chi connectivity index (χ3n) is 4.25. The van der Waals surface area contributed by atoms with Crippen LogP contribution in [0.2, 0.25) is 0 Å². The number of benzene rings is 1. The average Bonchev–Trinajstić information content (AvgIpc) is 2.42. The van der Waals surface area contributed by atoms with E-state index in [0.717, 1.165) is 25.3 Å². The topological polar surface area (TPSA) is 32.5 Å². The molecule has 1 aromatic carbocycles. The Balaban J connectivity index is 1.81. The van der Waals surface area contributed by atoms with Gasteiger partial charge in [0, 0.05) is 31.7 Å². The monoisotopic (exact) mass is 375 g/mol. The van der Waals surface area contributed by atoms with Crippen molar-refractivity contribution >= 4 is 34.0 Å². The number of anilines is 2. The first-order chi connectivity index (χ1) is 9.15. The summed E-state index contributed by atoms with van der Waals surface area (Å²) < 4.78 is 14.3. The van der Waals surface area contributed by atoms with Crippen LogP contribution in [0, 0.1) is 9.39 Å². The lowest BCUT2D eigenvalue weighted by molar-refractivity contribution is 0.133. The fourth-order valence-electron chi connectivity index (χ4n) is 3.20. The van der Waals surface area contributed by atoms with E-state index in [2.05, 4.69) is 9.80 Å². The third kappa shape index (κ3) is 2.67. The number of nitrogens with two attached hydrogens (primary N) is 1. The van der Waals surface area contributed by atoms with Crippen molar-refractivity contribution in [3.63, 3.8) is 0 Å². The van der Waals surface area contributed by atoms with E-state index in [0.29, 0.717) is 15.3 Å². The number of hydrogen-bond acceptors (Lipinski definition) is 3. The van der Waals surface area contributed by atoms with Crippen LogP contribution >= 0.6 is 22.6 Å². The van der Waals surface area contributed by atoms with E-state index in [4.69, 9.17) is 5.73 Å². The lowest BCUT2D eigenvalue weighted by atomic mass is 9.99. The Bertz CT molecular complexity index is 480. The van der Waals surface area contributed by atoms with Gasteiger partial charge in [-0.2, -0.15) is 0 Å². The Kier molecular flexibility index (Phi) is 3.84. The van der Waals surface area contributed by atoms with Gasteiger partial charge < -0.3 is 10.6 Å². The highest BCUT2D eigenvalue weighted by Gasteiger charge is 2.29. The maximum Gasteiger partial charge on any atom is 0.138 e. The number of piperidine rings is 1. The van der Waals surface area contributed by atoms with Gasteiger partial charge in [0.1, 0.15) is 5.82 Å². The Morgan fingerprint density at radius 2 is 2.05 bits per heavy atom. The van der Waals surface area contributed by atoms with E-state index in [1.807, 2.05) is 22.6 Å². The van der Waals surface area contributed by atoms with Gasteiger partial charge in [-0.15, -0.1) is 0 Å². The van der Waals surface area contributed by atoms with Crippen LogP contribution in [0.25, 0.3) is 0 Å². The van der Waals surface area contributed by atoms with Crippen molar-refractivity contribution < 1.29 is 4.39 Å². The highest BCUT2D eigenvalue weighted by molar-refractivity contribution is 14.1. The zero-order chi connectivity index (χ0) is 13.4. The van der Waals surface area contributed by atoms with Crippen LogP contribution in [-0.2, 0) is 0 Å². The number of nitrogen functional groups attached to an aromatic ring is 1. The van der Waals surface area contributed by atoms with E-state index in [-0.39, 0.29) is 5.82 Å². The second kappa shape index (κ2) is 5.44. The van der Waals surface area contributed by atoms with Gasteiger partial charge >= 0.3 is 0 Å². The number of fused-ring (bicyclic) bond motifs is 1. The van der Waals surface area contributed by atoms with Crippen molar-refractivity contribution in [2.45, 2.75) is 25.3 Å². The Morgan fingerprint density at radius 3 is 2.89 bits per heavy atom. The molecule has 2 heterocycles. The summed E-state index contributed by atoms with van der Waals surface area (Å²) in [6, 6.07) is 3.94. The molecule has 104 valence electrons. The summed E-state index contributed by atoms with van der Waals surface area (Å²) in [7, 11) is 0. The Labute approximate surface area is 127 Å². The van der Waals surface area contributed by atoms with Gasteiger partial charge in [-0.25, -0.2) is 4.39 Å². The second-order valence-electron chi connectivity index (χ2n) is 5.46. The molecule has 0 aliphatic carbocycles. The zero-order valence-electron chi connectivity index (χ0n) is 10.9. The van der Waals surface area contributed by atoms with Gasteiger partial charge in [-0.05, 0) is 48.0 Å². The predicted octanol–water partition coefficient (Wildman–Crippen LogP) is 2.69. The first-order valence-corrected chi connectivity index (χ1v) is 7.96. The quantitative estimate of drug-likeness (QED) is 0.605. The van der Waals surface area contributed by atoms with Crippen molar-refractivity contribution in [2.24, 2.45) is 0 Å². The van der Waals surface area contributed by atoms with Crippen LogP contribution in [0.15, 0.2) is 12.1 Å². The summed E-state index contributed by atoms with van der Waals surface area (Å²) in [5.41, 5.74) is 7.62. The van der Waals surface area contributed by atoms with Gasteiger partial charge in [0.25, 0.3) is 0 Å². The lowest BCUT2D eigenvalue weighted by Gasteiger charge is -2.45. The minimum Gasteiger partial charge on any atom is -0.397 e. The van der Waals surface area contributed by atoms with Crippen LogP contribution in [0.5, 0.6) is 0 Å². The molecule has 1 aromatic rings. The number of piperazine rings is 1. The number of rotatable bonds is 1. The highest BCUT2D eigenvalue weighted by Crippen LogP contribution is 2.31. The minimum atomic E-state index is -0.170. The smallest absolute Gasteiger partial charge is 0.138 e. The Morgan fingerprint density at radius 1 is 1.21 bits per heavy atom. The fourth-order valence-corrected chi connectivity index (χ4v) is 3.69. The molecule has 2 saturated heterocycles. The SMILES string of the molecule is Nc1cc(I)c(F)cc1N1CCN2CCCCC2C1. The predicted molar refractivity (Wildman–Crippen MR) is 85.0 cm³/mol. The molecular weight excluding hydrogens is 356 g/mol. The van der Waals surface area contributed by atoms with Gasteiger partial charge in [-0.3, -0.25) is 4.90 Å². The molecule has 0 spiro atoms. The van der Waals surface area contributed by atoms with Crippen molar-refractivity contribution in [3.8, 4) is 0 Å². The maximum absolute atomic E-state index is 13.7. The van der Waals surface area contributed by atoms with Crippen LogP contribution in [0.1, 0.15) is 19.3 Å². The summed E-state index contributed by atoms with van der Waals surface area (Å²) >= 11 is 1.99. The maximum atomic E-state index is 13.7. The summed E-state index contributed by atoms with van der Waals surface area (Å²) in [6.07, 6.45) is 3.88. The van der Waals surface area contributed by atoms with Crippen LogP contribution in [0.3, 0.4) is 0 Å². The molecule has 1 unspecified atom stereocenters. The fraction of sp³-hybridized carbons (Fsp3) is 0.571. The molecule has 0 radical (unpaired) electrons. The molecule has 1 atom stereocenters. The zero-order valence-corrected chi connectivity index (χ0v) is 13.1. The summed E-state index contributed by atoms with van der Waals surface area (Å²) in [6.45, 7) is 4.21. The van der Waals surface area contributed by atoms with Gasteiger partial charge in [-0.1, -0.05) is 6.42 Å². The standard InChI is InChI=1S/C14H19FIN3/c15-11-7-14(13(17)8-12(11)16)19-6-5-18-4-2-1-3-10(18)9-19/h7-8,10H,1-6,9,17H2. The molecule has 5 heteroatoms. The van der Waals surface area contributed by atoms with Crippen LogP contribution in [-0.4, -0.2) is 37.1 Å². The van der Waals surface area contributed by atoms with E-state index in [9.17, 15) is 4.39 Å². The number of nitrogens with zero attached hydrogens (tertiary/aromatic N) is 2. The van der Waals surface area contributed by atoms with Gasteiger partial charge in [0.05, 0.1) is 14.9 Å². The van der Waals surface area contributed by atoms with Crippen molar-refractivity contribution in [1.82, 2.24) is 4.90 Å². The Hall–Kier alpha value is -0.560. The van der Waals surface area contributed by atoms with Gasteiger partial charge in [0.2, 0.25) is 0 Å². The lowest BCUT2D eigenvalue weighted by Crippen LogP contribution is -2.55. The number of hydrogen-bond donors (Lipinski definition) is 1. The molecule has 0 aromatic heterocycles. The largest absolute Gasteiger partial charge is 0.397 e.